The Kier molecular flexibility index (Phi) is 4.74. The lowest BCUT2D eigenvalue weighted by Crippen LogP contribution is -2.10. The summed E-state index contributed by atoms with van der Waals surface area (Å²) < 4.78 is 4.72. The van der Waals surface area contributed by atoms with Crippen molar-refractivity contribution in [3.8, 4) is 0 Å². The molecule has 4 nitrogen and oxygen atoms in total. The molecule has 0 saturated heterocycles. The van der Waals surface area contributed by atoms with Crippen LogP contribution in [0.2, 0.25) is 0 Å². The minimum atomic E-state index is -0.389. The summed E-state index contributed by atoms with van der Waals surface area (Å²) in [6.07, 6.45) is 0.941. The number of carbonyl (C=O) groups excluding carboxylic acids is 1. The number of esters is 1. The Balaban J connectivity index is 2.18. The Morgan fingerprint density at radius 1 is 1.40 bits per heavy atom. The molecule has 20 heavy (non-hydrogen) atoms. The van der Waals surface area contributed by atoms with Crippen LogP contribution in [0.3, 0.4) is 0 Å². The number of carbonyl (C=O) groups is 1. The number of aromatic nitrogens is 1. The molecule has 0 amide bonds. The lowest BCUT2D eigenvalue weighted by atomic mass is 10.1. The van der Waals surface area contributed by atoms with E-state index < -0.39 is 0 Å². The predicted octanol–water partition coefficient (Wildman–Crippen LogP) is 3.80. The zero-order valence-electron chi connectivity index (χ0n) is 11.8. The molecule has 1 N–H and O–H groups in total. The van der Waals surface area contributed by atoms with Crippen molar-refractivity contribution < 1.29 is 9.53 Å². The molecule has 0 radical (unpaired) electrons. The van der Waals surface area contributed by atoms with Gasteiger partial charge in [0.25, 0.3) is 0 Å². The number of ether oxygens (including phenoxy) is 1. The fourth-order valence-corrected chi connectivity index (χ4v) is 2.85. The Labute approximate surface area is 122 Å². The van der Waals surface area contributed by atoms with Crippen molar-refractivity contribution in [1.82, 2.24) is 4.98 Å². The second-order valence-electron chi connectivity index (χ2n) is 4.43. The first-order valence-corrected chi connectivity index (χ1v) is 7.34. The van der Waals surface area contributed by atoms with Crippen molar-refractivity contribution in [2.24, 2.45) is 0 Å². The molecule has 5 heteroatoms. The van der Waals surface area contributed by atoms with Gasteiger partial charge in [-0.3, -0.25) is 0 Å². The first kappa shape index (κ1) is 14.5. The van der Waals surface area contributed by atoms with E-state index in [0.29, 0.717) is 5.69 Å². The first-order valence-electron chi connectivity index (χ1n) is 6.53. The third-order valence-corrected chi connectivity index (χ3v) is 3.99. The summed E-state index contributed by atoms with van der Waals surface area (Å²) in [4.78, 5) is 16.8. The predicted molar refractivity (Wildman–Crippen MR) is 81.3 cm³/mol. The van der Waals surface area contributed by atoms with Gasteiger partial charge in [0.1, 0.15) is 0 Å². The molecule has 0 saturated carbocycles. The Morgan fingerprint density at radius 3 is 2.70 bits per heavy atom. The molecule has 0 fully saturated rings. The van der Waals surface area contributed by atoms with E-state index in [1.807, 2.05) is 25.1 Å². The number of nitrogens with zero attached hydrogens (tertiary/aromatic N) is 1. The maximum absolute atomic E-state index is 11.6. The first-order chi connectivity index (χ1) is 9.65. The van der Waals surface area contributed by atoms with Crippen LogP contribution in [-0.4, -0.2) is 18.1 Å². The molecule has 1 aromatic carbocycles. The molecule has 1 aromatic heterocycles. The van der Waals surface area contributed by atoms with Crippen LogP contribution in [-0.2, 0) is 4.74 Å². The molecule has 0 aliphatic rings. The van der Waals surface area contributed by atoms with E-state index in [9.17, 15) is 4.79 Å². The van der Waals surface area contributed by atoms with Gasteiger partial charge in [-0.1, -0.05) is 37.3 Å². The van der Waals surface area contributed by atoms with Crippen LogP contribution in [0.5, 0.6) is 0 Å². The van der Waals surface area contributed by atoms with Crippen LogP contribution in [0, 0.1) is 6.92 Å². The minimum absolute atomic E-state index is 0.187. The standard InChI is InChI=1S/C15H18N2O2S/c1-4-12(11-8-6-5-7-9-11)16-15-17-13(10(2)20-15)14(18)19-3/h5-9,12H,4H2,1-3H3,(H,16,17). The zero-order valence-corrected chi connectivity index (χ0v) is 12.7. The molecule has 2 aromatic rings. The lowest BCUT2D eigenvalue weighted by Gasteiger charge is -2.16. The van der Waals surface area contributed by atoms with Crippen molar-refractivity contribution in [2.75, 3.05) is 12.4 Å². The number of nitrogens with one attached hydrogen (secondary N) is 1. The van der Waals surface area contributed by atoms with Gasteiger partial charge in [-0.05, 0) is 18.9 Å². The fourth-order valence-electron chi connectivity index (χ4n) is 2.00. The van der Waals surface area contributed by atoms with E-state index >= 15 is 0 Å². The molecule has 106 valence electrons. The zero-order chi connectivity index (χ0) is 14.5. The summed E-state index contributed by atoms with van der Waals surface area (Å²) in [7, 11) is 1.37. The molecular weight excluding hydrogens is 272 g/mol. The van der Waals surface area contributed by atoms with Crippen molar-refractivity contribution in [1.29, 1.82) is 0 Å². The second kappa shape index (κ2) is 6.52. The summed E-state index contributed by atoms with van der Waals surface area (Å²) in [5, 5.41) is 4.13. The SMILES string of the molecule is CCC(Nc1nc(C(=O)OC)c(C)s1)c1ccccc1. The molecular formula is C15H18N2O2S. The van der Waals surface area contributed by atoms with E-state index in [1.54, 1.807) is 0 Å². The molecule has 0 aliphatic heterocycles. The van der Waals surface area contributed by atoms with Gasteiger partial charge in [0, 0.05) is 4.88 Å². The van der Waals surface area contributed by atoms with E-state index in [2.05, 4.69) is 29.4 Å². The number of hydrogen-bond donors (Lipinski definition) is 1. The summed E-state index contributed by atoms with van der Waals surface area (Å²) in [5.74, 6) is -0.389. The number of rotatable bonds is 5. The van der Waals surface area contributed by atoms with E-state index in [1.165, 1.54) is 24.0 Å². The Bertz CT molecular complexity index is 581. The minimum Gasteiger partial charge on any atom is -0.464 e. The monoisotopic (exact) mass is 290 g/mol. The second-order valence-corrected chi connectivity index (χ2v) is 5.63. The summed E-state index contributed by atoms with van der Waals surface area (Å²) >= 11 is 1.47. The largest absolute Gasteiger partial charge is 0.464 e. The molecule has 1 heterocycles. The van der Waals surface area contributed by atoms with Gasteiger partial charge in [-0.2, -0.15) is 0 Å². The summed E-state index contributed by atoms with van der Waals surface area (Å²) in [5.41, 5.74) is 1.60. The third kappa shape index (κ3) is 3.17. The number of methoxy groups -OCH3 is 1. The van der Waals surface area contributed by atoms with Crippen molar-refractivity contribution in [2.45, 2.75) is 26.3 Å². The maximum Gasteiger partial charge on any atom is 0.357 e. The maximum atomic E-state index is 11.6. The normalized spacial score (nSPS) is 11.9. The van der Waals surface area contributed by atoms with Crippen LogP contribution in [0.1, 0.15) is 40.3 Å². The third-order valence-electron chi connectivity index (χ3n) is 3.08. The van der Waals surface area contributed by atoms with Crippen LogP contribution in [0.25, 0.3) is 0 Å². The van der Waals surface area contributed by atoms with Gasteiger partial charge in [0.05, 0.1) is 13.2 Å². The highest BCUT2D eigenvalue weighted by Crippen LogP contribution is 2.28. The van der Waals surface area contributed by atoms with Crippen LogP contribution in [0.4, 0.5) is 5.13 Å². The summed E-state index contributed by atoms with van der Waals surface area (Å²) in [6.45, 7) is 3.99. The fraction of sp³-hybridized carbons (Fsp3) is 0.333. The highest BCUT2D eigenvalue weighted by molar-refractivity contribution is 7.15. The topological polar surface area (TPSA) is 51.2 Å². The number of anilines is 1. The van der Waals surface area contributed by atoms with Gasteiger partial charge < -0.3 is 10.1 Å². The molecule has 0 aliphatic carbocycles. The average Bonchev–Trinajstić information content (AvgIpc) is 2.85. The highest BCUT2D eigenvalue weighted by Gasteiger charge is 2.17. The lowest BCUT2D eigenvalue weighted by molar-refractivity contribution is 0.0594. The number of hydrogen-bond acceptors (Lipinski definition) is 5. The Morgan fingerprint density at radius 2 is 2.10 bits per heavy atom. The van der Waals surface area contributed by atoms with E-state index in [0.717, 1.165) is 16.4 Å². The number of aryl methyl sites for hydroxylation is 1. The van der Waals surface area contributed by atoms with Gasteiger partial charge in [-0.25, -0.2) is 9.78 Å². The van der Waals surface area contributed by atoms with Gasteiger partial charge in [-0.15, -0.1) is 11.3 Å². The molecule has 2 rings (SSSR count). The Hall–Kier alpha value is -1.88. The average molecular weight is 290 g/mol. The highest BCUT2D eigenvalue weighted by atomic mass is 32.1. The van der Waals surface area contributed by atoms with E-state index in [-0.39, 0.29) is 12.0 Å². The molecule has 1 atom stereocenters. The van der Waals surface area contributed by atoms with Crippen LogP contribution in [0.15, 0.2) is 30.3 Å². The number of thiazole rings is 1. The van der Waals surface area contributed by atoms with Crippen LogP contribution < -0.4 is 5.32 Å². The smallest absolute Gasteiger partial charge is 0.357 e. The molecule has 1 unspecified atom stereocenters. The molecule has 0 bridgehead atoms. The molecule has 0 spiro atoms. The van der Waals surface area contributed by atoms with Crippen molar-refractivity contribution >= 4 is 22.4 Å². The number of benzene rings is 1. The summed E-state index contributed by atoms with van der Waals surface area (Å²) in [6, 6.07) is 10.4. The van der Waals surface area contributed by atoms with Crippen molar-refractivity contribution in [3.63, 3.8) is 0 Å². The van der Waals surface area contributed by atoms with Crippen LogP contribution >= 0.6 is 11.3 Å². The van der Waals surface area contributed by atoms with Gasteiger partial charge in [0.2, 0.25) is 0 Å². The van der Waals surface area contributed by atoms with Gasteiger partial charge >= 0.3 is 5.97 Å². The van der Waals surface area contributed by atoms with Gasteiger partial charge in [0.15, 0.2) is 10.8 Å². The quantitative estimate of drug-likeness (QED) is 0.851. The van der Waals surface area contributed by atoms with E-state index in [4.69, 9.17) is 4.74 Å². The van der Waals surface area contributed by atoms with Crippen molar-refractivity contribution in [3.05, 3.63) is 46.5 Å².